The third-order valence-electron chi connectivity index (χ3n) is 4.76. The second-order valence-electron chi connectivity index (χ2n) is 6.93. The van der Waals surface area contributed by atoms with Crippen LogP contribution in [0.4, 0.5) is 5.69 Å². The molecule has 148 valence electrons. The summed E-state index contributed by atoms with van der Waals surface area (Å²) in [7, 11) is 0. The summed E-state index contributed by atoms with van der Waals surface area (Å²) < 4.78 is 1.99. The molecule has 0 aliphatic heterocycles. The summed E-state index contributed by atoms with van der Waals surface area (Å²) in [4.78, 5) is 19.1. The Bertz CT molecular complexity index is 1050. The van der Waals surface area contributed by atoms with Crippen LogP contribution in [0.5, 0.6) is 0 Å². The van der Waals surface area contributed by atoms with Gasteiger partial charge in [0.1, 0.15) is 0 Å². The van der Waals surface area contributed by atoms with Crippen LogP contribution in [0.25, 0.3) is 5.69 Å². The predicted molar refractivity (Wildman–Crippen MR) is 118 cm³/mol. The van der Waals surface area contributed by atoms with Crippen molar-refractivity contribution in [3.8, 4) is 11.8 Å². The highest BCUT2D eigenvalue weighted by atomic mass is 32.2. The number of thioether (sulfide) groups is 1. The average molecular weight is 405 g/mol. The van der Waals surface area contributed by atoms with Crippen molar-refractivity contribution in [2.45, 2.75) is 32.3 Å². The van der Waals surface area contributed by atoms with E-state index >= 15 is 0 Å². The van der Waals surface area contributed by atoms with Gasteiger partial charge >= 0.3 is 0 Å². The van der Waals surface area contributed by atoms with Gasteiger partial charge < -0.3 is 4.90 Å². The Labute approximate surface area is 176 Å². The Morgan fingerprint density at radius 2 is 2.00 bits per heavy atom. The molecule has 5 nitrogen and oxygen atoms in total. The number of aryl methyl sites for hydroxylation is 3. The number of anilines is 1. The minimum absolute atomic E-state index is 0.0349. The van der Waals surface area contributed by atoms with Crippen molar-refractivity contribution in [2.24, 2.45) is 0 Å². The van der Waals surface area contributed by atoms with E-state index in [4.69, 9.17) is 5.26 Å². The zero-order valence-corrected chi connectivity index (χ0v) is 17.7. The number of rotatable bonds is 7. The number of carbonyl (C=O) groups is 1. The predicted octanol–water partition coefficient (Wildman–Crippen LogP) is 4.84. The summed E-state index contributed by atoms with van der Waals surface area (Å²) in [5.74, 6) is 0.216. The van der Waals surface area contributed by atoms with Crippen LogP contribution in [0.15, 0.2) is 60.0 Å². The number of nitriles is 1. The van der Waals surface area contributed by atoms with E-state index < -0.39 is 0 Å². The van der Waals surface area contributed by atoms with Crippen LogP contribution in [0.1, 0.15) is 23.1 Å². The molecule has 0 N–H and O–H groups in total. The minimum Gasteiger partial charge on any atom is -0.311 e. The average Bonchev–Trinajstić information content (AvgIpc) is 3.18. The van der Waals surface area contributed by atoms with Crippen LogP contribution in [0.2, 0.25) is 0 Å². The number of hydrogen-bond donors (Lipinski definition) is 0. The molecule has 3 rings (SSSR count). The first-order chi connectivity index (χ1) is 14.0. The second kappa shape index (κ2) is 9.44. The third-order valence-corrected chi connectivity index (χ3v) is 5.71. The quantitative estimate of drug-likeness (QED) is 0.529. The molecule has 2 aromatic carbocycles. The van der Waals surface area contributed by atoms with Gasteiger partial charge in [0.05, 0.1) is 18.2 Å². The SMILES string of the molecule is Cc1cccc(-n2ccnc2SCC(=O)N(CCC#N)c2ccc(C)c(C)c2)c1. The summed E-state index contributed by atoms with van der Waals surface area (Å²) in [6, 6.07) is 16.3. The molecule has 0 saturated carbocycles. The molecular weight excluding hydrogens is 380 g/mol. The van der Waals surface area contributed by atoms with E-state index in [0.29, 0.717) is 13.0 Å². The number of hydrogen-bond acceptors (Lipinski definition) is 4. The van der Waals surface area contributed by atoms with Gasteiger partial charge in [-0.05, 0) is 61.7 Å². The fourth-order valence-corrected chi connectivity index (χ4v) is 3.88. The Morgan fingerprint density at radius 1 is 1.17 bits per heavy atom. The fraction of sp³-hybridized carbons (Fsp3) is 0.261. The summed E-state index contributed by atoms with van der Waals surface area (Å²) in [6.45, 7) is 6.50. The first-order valence-corrected chi connectivity index (χ1v) is 10.5. The molecule has 0 aliphatic carbocycles. The van der Waals surface area contributed by atoms with Crippen molar-refractivity contribution in [2.75, 3.05) is 17.2 Å². The van der Waals surface area contributed by atoms with E-state index in [1.807, 2.05) is 67.9 Å². The van der Waals surface area contributed by atoms with E-state index in [-0.39, 0.29) is 11.7 Å². The van der Waals surface area contributed by atoms with Gasteiger partial charge in [0.25, 0.3) is 0 Å². The van der Waals surface area contributed by atoms with Gasteiger partial charge in [0.2, 0.25) is 5.91 Å². The highest BCUT2D eigenvalue weighted by molar-refractivity contribution is 7.99. The molecule has 29 heavy (non-hydrogen) atoms. The lowest BCUT2D eigenvalue weighted by atomic mass is 10.1. The fourth-order valence-electron chi connectivity index (χ4n) is 3.03. The minimum atomic E-state index is -0.0349. The van der Waals surface area contributed by atoms with Crippen LogP contribution in [-0.2, 0) is 4.79 Å². The van der Waals surface area contributed by atoms with E-state index in [1.54, 1.807) is 11.1 Å². The highest BCUT2D eigenvalue weighted by Gasteiger charge is 2.18. The lowest BCUT2D eigenvalue weighted by molar-refractivity contribution is -0.116. The van der Waals surface area contributed by atoms with Crippen molar-refractivity contribution >= 4 is 23.4 Å². The molecule has 0 unspecified atom stereocenters. The maximum absolute atomic E-state index is 13.0. The van der Waals surface area contributed by atoms with E-state index in [1.165, 1.54) is 22.9 Å². The van der Waals surface area contributed by atoms with Crippen molar-refractivity contribution < 1.29 is 4.79 Å². The smallest absolute Gasteiger partial charge is 0.237 e. The largest absolute Gasteiger partial charge is 0.311 e. The molecule has 6 heteroatoms. The molecule has 0 spiro atoms. The topological polar surface area (TPSA) is 61.9 Å². The Balaban J connectivity index is 1.77. The Morgan fingerprint density at radius 3 is 2.72 bits per heavy atom. The normalized spacial score (nSPS) is 10.6. The summed E-state index contributed by atoms with van der Waals surface area (Å²) in [6.07, 6.45) is 3.94. The number of aromatic nitrogens is 2. The Hall–Kier alpha value is -3.04. The maximum Gasteiger partial charge on any atom is 0.237 e. The third kappa shape index (κ3) is 5.07. The maximum atomic E-state index is 13.0. The number of carbonyl (C=O) groups excluding carboxylic acids is 1. The molecule has 1 heterocycles. The molecular formula is C23H24N4OS. The first-order valence-electron chi connectivity index (χ1n) is 9.47. The zero-order valence-electron chi connectivity index (χ0n) is 16.9. The van der Waals surface area contributed by atoms with Gasteiger partial charge in [-0.3, -0.25) is 9.36 Å². The van der Waals surface area contributed by atoms with Crippen molar-refractivity contribution in [3.63, 3.8) is 0 Å². The molecule has 0 aliphatic rings. The van der Waals surface area contributed by atoms with Gasteiger partial charge in [-0.2, -0.15) is 5.26 Å². The molecule has 0 bridgehead atoms. The van der Waals surface area contributed by atoms with Gasteiger partial charge in [-0.15, -0.1) is 0 Å². The summed E-state index contributed by atoms with van der Waals surface area (Å²) in [5, 5.41) is 9.77. The lowest BCUT2D eigenvalue weighted by Gasteiger charge is -2.22. The molecule has 3 aromatic rings. The molecule has 0 fully saturated rings. The summed E-state index contributed by atoms with van der Waals surface area (Å²) in [5.41, 5.74) is 5.32. The lowest BCUT2D eigenvalue weighted by Crippen LogP contribution is -2.33. The number of imidazole rings is 1. The molecule has 0 atom stereocenters. The van der Waals surface area contributed by atoms with Gasteiger partial charge in [0, 0.05) is 30.3 Å². The summed E-state index contributed by atoms with van der Waals surface area (Å²) >= 11 is 1.40. The van der Waals surface area contributed by atoms with Gasteiger partial charge in [-0.1, -0.05) is 30.0 Å². The second-order valence-corrected chi connectivity index (χ2v) is 7.87. The Kier molecular flexibility index (Phi) is 6.73. The van der Waals surface area contributed by atoms with Crippen LogP contribution in [-0.4, -0.2) is 27.8 Å². The van der Waals surface area contributed by atoms with Crippen molar-refractivity contribution in [1.29, 1.82) is 5.26 Å². The van der Waals surface area contributed by atoms with Crippen LogP contribution in [0.3, 0.4) is 0 Å². The van der Waals surface area contributed by atoms with Crippen LogP contribution < -0.4 is 4.90 Å². The first kappa shape index (κ1) is 20.7. The van der Waals surface area contributed by atoms with Crippen LogP contribution >= 0.6 is 11.8 Å². The molecule has 1 aromatic heterocycles. The molecule has 0 saturated heterocycles. The highest BCUT2D eigenvalue weighted by Crippen LogP contribution is 2.24. The van der Waals surface area contributed by atoms with Gasteiger partial charge in [0.15, 0.2) is 5.16 Å². The van der Waals surface area contributed by atoms with Crippen molar-refractivity contribution in [1.82, 2.24) is 9.55 Å². The van der Waals surface area contributed by atoms with E-state index in [0.717, 1.165) is 22.1 Å². The monoisotopic (exact) mass is 404 g/mol. The standard InChI is InChI=1S/C23H24N4OS/c1-17-6-4-7-20(14-17)27-13-11-25-23(27)29-16-22(28)26(12-5-10-24)21-9-8-18(2)19(3)15-21/h4,6-9,11,13-15H,5,12,16H2,1-3H3. The molecule has 1 amide bonds. The van der Waals surface area contributed by atoms with Crippen molar-refractivity contribution in [3.05, 3.63) is 71.5 Å². The van der Waals surface area contributed by atoms with Gasteiger partial charge in [-0.25, -0.2) is 4.98 Å². The number of amides is 1. The van der Waals surface area contributed by atoms with Crippen LogP contribution in [0, 0.1) is 32.1 Å². The number of nitrogens with zero attached hydrogens (tertiary/aromatic N) is 4. The van der Waals surface area contributed by atoms with E-state index in [9.17, 15) is 4.79 Å². The zero-order chi connectivity index (χ0) is 20.8. The molecule has 0 radical (unpaired) electrons. The van der Waals surface area contributed by atoms with E-state index in [2.05, 4.69) is 17.1 Å². The number of benzene rings is 2.